The molecule has 0 atom stereocenters. The third kappa shape index (κ3) is 1.46. The normalized spacial score (nSPS) is 9.18. The van der Waals surface area contributed by atoms with Gasteiger partial charge in [0.05, 0.1) is 12.8 Å². The topological polar surface area (TPSA) is 59.2 Å². The number of aromatic amines is 1. The van der Waals surface area contributed by atoms with E-state index in [1.165, 1.54) is 19.2 Å². The summed E-state index contributed by atoms with van der Waals surface area (Å²) in [6, 6.07) is 2.93. The first kappa shape index (κ1) is 7.53. The molecule has 4 heteroatoms. The fraction of sp³-hybridized carbons (Fsp3) is 0.143. The van der Waals surface area contributed by atoms with Crippen molar-refractivity contribution in [3.05, 3.63) is 28.2 Å². The van der Waals surface area contributed by atoms with Crippen molar-refractivity contribution in [1.82, 2.24) is 4.98 Å². The number of H-pyrrole nitrogens is 1. The maximum atomic E-state index is 10.9. The van der Waals surface area contributed by atoms with E-state index in [-0.39, 0.29) is 11.4 Å². The maximum Gasteiger partial charge on any atom is 0.290 e. The van der Waals surface area contributed by atoms with Crippen LogP contribution in [0.5, 0.6) is 5.75 Å². The van der Waals surface area contributed by atoms with Gasteiger partial charge in [-0.15, -0.1) is 0 Å². The van der Waals surface area contributed by atoms with Gasteiger partial charge in [0.1, 0.15) is 0 Å². The van der Waals surface area contributed by atoms with Crippen LogP contribution in [0.4, 0.5) is 0 Å². The van der Waals surface area contributed by atoms with Crippen LogP contribution in [0.2, 0.25) is 0 Å². The molecule has 1 rings (SSSR count). The quantitative estimate of drug-likeness (QED) is 0.617. The second-order valence-corrected chi connectivity index (χ2v) is 1.93. The highest BCUT2D eigenvalue weighted by molar-refractivity contribution is 5.71. The summed E-state index contributed by atoms with van der Waals surface area (Å²) in [5, 5.41) is 0. The van der Waals surface area contributed by atoms with E-state index < -0.39 is 5.56 Å². The van der Waals surface area contributed by atoms with Gasteiger partial charge >= 0.3 is 0 Å². The monoisotopic (exact) mass is 153 g/mol. The molecule has 0 bridgehead atoms. The molecule has 1 aromatic heterocycles. The lowest BCUT2D eigenvalue weighted by Crippen LogP contribution is -2.10. The molecule has 0 saturated heterocycles. The summed E-state index contributed by atoms with van der Waals surface area (Å²) < 4.78 is 4.68. The number of methoxy groups -OCH3 is 1. The first-order valence-corrected chi connectivity index (χ1v) is 3.00. The lowest BCUT2D eigenvalue weighted by molar-refractivity contribution is 0.111. The second kappa shape index (κ2) is 3.01. The van der Waals surface area contributed by atoms with Crippen molar-refractivity contribution >= 4 is 6.29 Å². The number of aromatic nitrogens is 1. The Bertz CT molecular complexity index is 316. The van der Waals surface area contributed by atoms with E-state index in [0.717, 1.165) is 0 Å². The predicted molar refractivity (Wildman–Crippen MR) is 39.0 cm³/mol. The Labute approximate surface area is 62.8 Å². The molecular weight excluding hydrogens is 146 g/mol. The number of carbonyl (C=O) groups is 1. The minimum absolute atomic E-state index is 0.204. The van der Waals surface area contributed by atoms with Crippen molar-refractivity contribution < 1.29 is 9.53 Å². The number of carbonyl (C=O) groups excluding carboxylic acids is 1. The molecule has 0 unspecified atom stereocenters. The first-order valence-electron chi connectivity index (χ1n) is 3.00. The van der Waals surface area contributed by atoms with E-state index in [0.29, 0.717) is 6.29 Å². The third-order valence-electron chi connectivity index (χ3n) is 1.24. The Hall–Kier alpha value is -1.58. The van der Waals surface area contributed by atoms with Crippen LogP contribution in [0, 0.1) is 0 Å². The Morgan fingerprint density at radius 2 is 2.27 bits per heavy atom. The Morgan fingerprint density at radius 3 is 2.73 bits per heavy atom. The van der Waals surface area contributed by atoms with Crippen LogP contribution in [0.15, 0.2) is 16.9 Å². The summed E-state index contributed by atoms with van der Waals surface area (Å²) in [5.74, 6) is 0.204. The molecule has 0 aliphatic rings. The van der Waals surface area contributed by atoms with Gasteiger partial charge in [-0.25, -0.2) is 0 Å². The molecule has 0 saturated carbocycles. The van der Waals surface area contributed by atoms with Crippen LogP contribution in [-0.4, -0.2) is 18.4 Å². The SMILES string of the molecule is COc1ccc(C=O)[nH]c1=O. The summed E-state index contributed by atoms with van der Waals surface area (Å²) in [7, 11) is 1.39. The van der Waals surface area contributed by atoms with Gasteiger partial charge < -0.3 is 9.72 Å². The molecule has 58 valence electrons. The zero-order chi connectivity index (χ0) is 8.27. The molecular formula is C7H7NO3. The number of pyridine rings is 1. The van der Waals surface area contributed by atoms with Crippen LogP contribution in [0.25, 0.3) is 0 Å². The fourth-order valence-electron chi connectivity index (χ4n) is 0.705. The number of hydrogen-bond acceptors (Lipinski definition) is 3. The van der Waals surface area contributed by atoms with E-state index in [4.69, 9.17) is 0 Å². The number of aldehydes is 1. The van der Waals surface area contributed by atoms with E-state index in [2.05, 4.69) is 9.72 Å². The van der Waals surface area contributed by atoms with Gasteiger partial charge in [0.15, 0.2) is 12.0 Å². The Kier molecular flexibility index (Phi) is 2.06. The van der Waals surface area contributed by atoms with Gasteiger partial charge in [-0.05, 0) is 12.1 Å². The zero-order valence-electron chi connectivity index (χ0n) is 5.96. The van der Waals surface area contributed by atoms with Crippen molar-refractivity contribution in [2.75, 3.05) is 7.11 Å². The summed E-state index contributed by atoms with van der Waals surface area (Å²) in [6.45, 7) is 0. The van der Waals surface area contributed by atoms with Gasteiger partial charge in [0.25, 0.3) is 5.56 Å². The average Bonchev–Trinajstić information content (AvgIpc) is 2.04. The summed E-state index contributed by atoms with van der Waals surface area (Å²) in [4.78, 5) is 23.4. The second-order valence-electron chi connectivity index (χ2n) is 1.93. The van der Waals surface area contributed by atoms with Gasteiger partial charge in [0.2, 0.25) is 0 Å². The highest BCUT2D eigenvalue weighted by atomic mass is 16.5. The van der Waals surface area contributed by atoms with Crippen LogP contribution in [-0.2, 0) is 0 Å². The first-order chi connectivity index (χ1) is 5.27. The van der Waals surface area contributed by atoms with Crippen molar-refractivity contribution in [2.24, 2.45) is 0 Å². The molecule has 1 aromatic rings. The highest BCUT2D eigenvalue weighted by Crippen LogP contribution is 1.99. The van der Waals surface area contributed by atoms with E-state index in [9.17, 15) is 9.59 Å². The molecule has 1 N–H and O–H groups in total. The lowest BCUT2D eigenvalue weighted by Gasteiger charge is -1.96. The molecule has 1 heterocycles. The molecule has 0 amide bonds. The average molecular weight is 153 g/mol. The lowest BCUT2D eigenvalue weighted by atomic mass is 10.3. The highest BCUT2D eigenvalue weighted by Gasteiger charge is 1.97. The molecule has 0 aromatic carbocycles. The van der Waals surface area contributed by atoms with Crippen molar-refractivity contribution in [3.8, 4) is 5.75 Å². The Balaban J connectivity index is 3.20. The minimum atomic E-state index is -0.392. The number of nitrogens with one attached hydrogen (secondary N) is 1. The van der Waals surface area contributed by atoms with Gasteiger partial charge in [-0.1, -0.05) is 0 Å². The molecule has 4 nitrogen and oxygen atoms in total. The summed E-state index contributed by atoms with van der Waals surface area (Å²) in [5.41, 5.74) is -0.145. The van der Waals surface area contributed by atoms with Gasteiger partial charge in [0, 0.05) is 0 Å². The van der Waals surface area contributed by atoms with E-state index in [1.807, 2.05) is 0 Å². The van der Waals surface area contributed by atoms with Crippen LogP contribution in [0.3, 0.4) is 0 Å². The summed E-state index contributed by atoms with van der Waals surface area (Å²) in [6.07, 6.45) is 0.570. The smallest absolute Gasteiger partial charge is 0.290 e. The zero-order valence-corrected chi connectivity index (χ0v) is 5.96. The van der Waals surface area contributed by atoms with Crippen LogP contribution < -0.4 is 10.3 Å². The van der Waals surface area contributed by atoms with Gasteiger partial charge in [-0.2, -0.15) is 0 Å². The molecule has 11 heavy (non-hydrogen) atoms. The van der Waals surface area contributed by atoms with E-state index >= 15 is 0 Å². The van der Waals surface area contributed by atoms with Crippen LogP contribution >= 0.6 is 0 Å². The van der Waals surface area contributed by atoms with Crippen molar-refractivity contribution in [3.63, 3.8) is 0 Å². The van der Waals surface area contributed by atoms with Crippen molar-refractivity contribution in [1.29, 1.82) is 0 Å². The number of hydrogen-bond donors (Lipinski definition) is 1. The standard InChI is InChI=1S/C7H7NO3/c1-11-6-3-2-5(4-9)8-7(6)10/h2-4H,1H3,(H,8,10). The van der Waals surface area contributed by atoms with Crippen LogP contribution in [0.1, 0.15) is 10.5 Å². The maximum absolute atomic E-state index is 10.9. The predicted octanol–water partition coefficient (Wildman–Crippen LogP) is 0.196. The Morgan fingerprint density at radius 1 is 1.55 bits per heavy atom. The third-order valence-corrected chi connectivity index (χ3v) is 1.24. The molecule has 0 radical (unpaired) electrons. The number of ether oxygens (including phenoxy) is 1. The largest absolute Gasteiger partial charge is 0.491 e. The van der Waals surface area contributed by atoms with Crippen molar-refractivity contribution in [2.45, 2.75) is 0 Å². The summed E-state index contributed by atoms with van der Waals surface area (Å²) >= 11 is 0. The van der Waals surface area contributed by atoms with E-state index in [1.54, 1.807) is 0 Å². The molecule has 0 spiro atoms. The van der Waals surface area contributed by atoms with Gasteiger partial charge in [-0.3, -0.25) is 9.59 Å². The fourth-order valence-corrected chi connectivity index (χ4v) is 0.705. The molecule has 0 aliphatic carbocycles. The minimum Gasteiger partial charge on any atom is -0.491 e. The molecule has 0 aliphatic heterocycles. The molecule has 0 fully saturated rings. The number of rotatable bonds is 2.